The fourth-order valence-electron chi connectivity index (χ4n) is 2.93. The molecule has 1 amide bonds. The Morgan fingerprint density at radius 1 is 1.25 bits per heavy atom. The van der Waals surface area contributed by atoms with Gasteiger partial charge in [-0.2, -0.15) is 17.0 Å². The van der Waals surface area contributed by atoms with E-state index in [1.165, 1.54) is 22.7 Å². The maximum atomic E-state index is 12.6. The van der Waals surface area contributed by atoms with Crippen molar-refractivity contribution in [1.82, 2.24) is 13.5 Å². The number of piperazine rings is 1. The zero-order valence-corrected chi connectivity index (χ0v) is 15.2. The predicted molar refractivity (Wildman–Crippen MR) is 90.3 cm³/mol. The summed E-state index contributed by atoms with van der Waals surface area (Å²) in [7, 11) is -0.431. The first-order valence-electron chi connectivity index (χ1n) is 7.70. The monoisotopic (exact) mass is 373 g/mol. The summed E-state index contributed by atoms with van der Waals surface area (Å²) in [6.07, 6.45) is -0.0687. The Kier molecular flexibility index (Phi) is 4.74. The number of benzene rings is 1. The van der Waals surface area contributed by atoms with Crippen LogP contribution >= 0.6 is 11.6 Å². The Hall–Kier alpha value is -1.35. The quantitative estimate of drug-likeness (QED) is 0.777. The lowest BCUT2D eigenvalue weighted by Gasteiger charge is -2.35. The van der Waals surface area contributed by atoms with Crippen LogP contribution in [0.1, 0.15) is 5.56 Å². The first-order chi connectivity index (χ1) is 11.3. The summed E-state index contributed by atoms with van der Waals surface area (Å²) in [5, 5.41) is 0.618. The van der Waals surface area contributed by atoms with E-state index in [-0.39, 0.29) is 19.0 Å². The van der Waals surface area contributed by atoms with Gasteiger partial charge in [-0.05, 0) is 23.8 Å². The van der Waals surface area contributed by atoms with Gasteiger partial charge in [-0.15, -0.1) is 0 Å². The van der Waals surface area contributed by atoms with Gasteiger partial charge in [0.05, 0.1) is 0 Å². The van der Waals surface area contributed by atoms with Crippen molar-refractivity contribution >= 4 is 27.7 Å². The third kappa shape index (κ3) is 3.23. The van der Waals surface area contributed by atoms with Gasteiger partial charge in [0, 0.05) is 51.7 Å². The molecule has 0 saturated carbocycles. The molecule has 2 aliphatic rings. The summed E-state index contributed by atoms with van der Waals surface area (Å²) in [6, 6.07) is 5.32. The predicted octanol–water partition coefficient (Wildman–Crippen LogP) is 0.594. The Balaban J connectivity index is 1.61. The molecule has 0 spiro atoms. The highest BCUT2D eigenvalue weighted by Gasteiger charge is 2.36. The molecule has 0 aliphatic carbocycles. The van der Waals surface area contributed by atoms with E-state index in [1.807, 2.05) is 6.07 Å². The number of hydrogen-bond acceptors (Lipinski definition) is 4. The number of ether oxygens (including phenoxy) is 1. The molecule has 1 aromatic carbocycles. The zero-order chi connectivity index (χ0) is 17.5. The molecule has 0 N–H and O–H groups in total. The topological polar surface area (TPSA) is 70.2 Å². The van der Waals surface area contributed by atoms with Crippen LogP contribution in [0.25, 0.3) is 0 Å². The van der Waals surface area contributed by atoms with E-state index in [1.54, 1.807) is 17.0 Å². The first-order valence-corrected chi connectivity index (χ1v) is 9.48. The molecule has 24 heavy (non-hydrogen) atoms. The van der Waals surface area contributed by atoms with Crippen molar-refractivity contribution in [3.63, 3.8) is 0 Å². The molecule has 0 aromatic heterocycles. The van der Waals surface area contributed by atoms with Crippen molar-refractivity contribution in [3.8, 4) is 5.75 Å². The highest BCUT2D eigenvalue weighted by atomic mass is 35.5. The number of nitrogens with zero attached hydrogens (tertiary/aromatic N) is 3. The molecule has 2 heterocycles. The van der Waals surface area contributed by atoms with Crippen LogP contribution in [0.5, 0.6) is 5.75 Å². The number of halogens is 1. The van der Waals surface area contributed by atoms with Gasteiger partial charge in [-0.25, -0.2) is 0 Å². The number of fused-ring (bicyclic) bond motifs is 1. The largest absolute Gasteiger partial charge is 0.480 e. The summed E-state index contributed by atoms with van der Waals surface area (Å²) in [5.41, 5.74) is 0.926. The molecule has 2 aliphatic heterocycles. The van der Waals surface area contributed by atoms with E-state index < -0.39 is 16.3 Å². The fraction of sp³-hybridized carbons (Fsp3) is 0.533. The van der Waals surface area contributed by atoms with Gasteiger partial charge in [0.25, 0.3) is 16.1 Å². The molecular weight excluding hydrogens is 354 g/mol. The number of carbonyl (C=O) groups excluding carboxylic acids is 1. The van der Waals surface area contributed by atoms with Gasteiger partial charge in [-0.3, -0.25) is 4.79 Å². The molecule has 3 rings (SSSR count). The molecule has 1 fully saturated rings. The molecule has 1 aromatic rings. The second-order valence-corrected chi connectivity index (χ2v) is 8.66. The molecule has 0 bridgehead atoms. The molecule has 1 unspecified atom stereocenters. The minimum absolute atomic E-state index is 0.107. The highest BCUT2D eigenvalue weighted by molar-refractivity contribution is 7.86. The second-order valence-electron chi connectivity index (χ2n) is 6.08. The minimum Gasteiger partial charge on any atom is -0.480 e. The second kappa shape index (κ2) is 6.51. The van der Waals surface area contributed by atoms with Crippen molar-refractivity contribution in [2.24, 2.45) is 0 Å². The van der Waals surface area contributed by atoms with Gasteiger partial charge >= 0.3 is 0 Å². The van der Waals surface area contributed by atoms with Crippen LogP contribution in [0.15, 0.2) is 18.2 Å². The van der Waals surface area contributed by atoms with Crippen LogP contribution in [-0.4, -0.2) is 74.2 Å². The summed E-state index contributed by atoms with van der Waals surface area (Å²) in [5.74, 6) is 0.579. The third-order valence-electron chi connectivity index (χ3n) is 4.31. The van der Waals surface area contributed by atoms with Gasteiger partial charge in [0.2, 0.25) is 0 Å². The molecule has 9 heteroatoms. The standard InChI is InChI=1S/C15H20ClN3O4S/c1-17(2)24(21,22)19-7-5-18(6-8-19)15(20)14-10-11-9-12(16)3-4-13(11)23-14/h3-4,9,14H,5-8,10H2,1-2H3. The molecular formula is C15H20ClN3O4S. The maximum absolute atomic E-state index is 12.6. The normalized spacial score (nSPS) is 21.7. The van der Waals surface area contributed by atoms with E-state index in [0.29, 0.717) is 30.3 Å². The smallest absolute Gasteiger partial charge is 0.281 e. The maximum Gasteiger partial charge on any atom is 0.281 e. The third-order valence-corrected chi connectivity index (χ3v) is 6.49. The summed E-state index contributed by atoms with van der Waals surface area (Å²) in [6.45, 7) is 1.31. The van der Waals surface area contributed by atoms with Crippen molar-refractivity contribution in [2.75, 3.05) is 40.3 Å². The van der Waals surface area contributed by atoms with Gasteiger partial charge in [0.1, 0.15) is 5.75 Å². The van der Waals surface area contributed by atoms with E-state index in [9.17, 15) is 13.2 Å². The van der Waals surface area contributed by atoms with E-state index in [2.05, 4.69) is 0 Å². The minimum atomic E-state index is -3.43. The first kappa shape index (κ1) is 17.5. The van der Waals surface area contributed by atoms with Crippen molar-refractivity contribution in [3.05, 3.63) is 28.8 Å². The summed E-state index contributed by atoms with van der Waals surface area (Å²) < 4.78 is 32.5. The van der Waals surface area contributed by atoms with E-state index in [4.69, 9.17) is 16.3 Å². The summed E-state index contributed by atoms with van der Waals surface area (Å²) >= 11 is 5.97. The molecule has 0 radical (unpaired) electrons. The van der Waals surface area contributed by atoms with E-state index in [0.717, 1.165) is 5.56 Å². The van der Waals surface area contributed by atoms with Crippen molar-refractivity contribution < 1.29 is 17.9 Å². The molecule has 132 valence electrons. The number of carbonyl (C=O) groups is 1. The molecule has 1 saturated heterocycles. The van der Waals surface area contributed by atoms with Gasteiger partial charge in [-0.1, -0.05) is 11.6 Å². The Bertz CT molecular complexity index is 745. The number of rotatable bonds is 3. The van der Waals surface area contributed by atoms with Gasteiger partial charge in [0.15, 0.2) is 6.10 Å². The van der Waals surface area contributed by atoms with Crippen LogP contribution in [0.2, 0.25) is 5.02 Å². The zero-order valence-electron chi connectivity index (χ0n) is 13.6. The summed E-state index contributed by atoms with van der Waals surface area (Å²) in [4.78, 5) is 14.3. The Morgan fingerprint density at radius 3 is 2.54 bits per heavy atom. The fourth-order valence-corrected chi connectivity index (χ4v) is 4.21. The van der Waals surface area contributed by atoms with Crippen LogP contribution in [0.4, 0.5) is 0 Å². The van der Waals surface area contributed by atoms with Crippen LogP contribution in [-0.2, 0) is 21.4 Å². The SMILES string of the molecule is CN(C)S(=O)(=O)N1CCN(C(=O)C2Cc3cc(Cl)ccc3O2)CC1. The van der Waals surface area contributed by atoms with Crippen LogP contribution < -0.4 is 4.74 Å². The molecule has 7 nitrogen and oxygen atoms in total. The average molecular weight is 374 g/mol. The molecule has 1 atom stereocenters. The number of hydrogen-bond donors (Lipinski definition) is 0. The van der Waals surface area contributed by atoms with Crippen LogP contribution in [0, 0.1) is 0 Å². The van der Waals surface area contributed by atoms with E-state index >= 15 is 0 Å². The highest BCUT2D eigenvalue weighted by Crippen LogP contribution is 2.31. The van der Waals surface area contributed by atoms with Gasteiger partial charge < -0.3 is 9.64 Å². The lowest BCUT2D eigenvalue weighted by molar-refractivity contribution is -0.139. The number of amides is 1. The lowest BCUT2D eigenvalue weighted by atomic mass is 10.1. The van der Waals surface area contributed by atoms with Crippen molar-refractivity contribution in [1.29, 1.82) is 0 Å². The average Bonchev–Trinajstić information content (AvgIpc) is 2.97. The van der Waals surface area contributed by atoms with Crippen molar-refractivity contribution in [2.45, 2.75) is 12.5 Å². The Morgan fingerprint density at radius 2 is 1.92 bits per heavy atom. The lowest BCUT2D eigenvalue weighted by Crippen LogP contribution is -2.55. The van der Waals surface area contributed by atoms with Crippen LogP contribution in [0.3, 0.4) is 0 Å². The Labute approximate surface area is 146 Å².